The van der Waals surface area contributed by atoms with Crippen LogP contribution in [0.5, 0.6) is 0 Å². The summed E-state index contributed by atoms with van der Waals surface area (Å²) in [5, 5.41) is 15.4. The number of thiocarbonyl (C=S) groups is 1. The fourth-order valence-electron chi connectivity index (χ4n) is 2.68. The van der Waals surface area contributed by atoms with Crippen LogP contribution in [0.15, 0.2) is 42.5 Å². The molecule has 5 nitrogen and oxygen atoms in total. The summed E-state index contributed by atoms with van der Waals surface area (Å²) in [5.41, 5.74) is 0.195. The van der Waals surface area contributed by atoms with Crippen molar-refractivity contribution in [2.75, 3.05) is 12.4 Å². The molecule has 2 N–H and O–H groups in total. The van der Waals surface area contributed by atoms with Crippen LogP contribution in [0.3, 0.4) is 0 Å². The van der Waals surface area contributed by atoms with Gasteiger partial charge in [-0.25, -0.2) is 4.79 Å². The molecule has 1 atom stereocenters. The largest absolute Gasteiger partial charge is 0.352 e. The molecule has 3 rings (SSSR count). The first-order valence-corrected chi connectivity index (χ1v) is 8.82. The highest BCUT2D eigenvalue weighted by Crippen LogP contribution is 2.40. The second-order valence-corrected chi connectivity index (χ2v) is 7.96. The number of urea groups is 1. The van der Waals surface area contributed by atoms with Crippen molar-refractivity contribution in [1.29, 1.82) is 0 Å². The van der Waals surface area contributed by atoms with Crippen LogP contribution < -0.4 is 5.32 Å². The van der Waals surface area contributed by atoms with E-state index < -0.39 is 16.9 Å². The molecular formula is C17H19N3O2S2. The van der Waals surface area contributed by atoms with Gasteiger partial charge in [-0.1, -0.05) is 60.4 Å². The molecule has 2 aromatic carbocycles. The number of hydrogen-bond donors (Lipinski definition) is 2. The lowest BCUT2D eigenvalue weighted by Gasteiger charge is -2.35. The lowest BCUT2D eigenvalue weighted by Crippen LogP contribution is -2.52. The van der Waals surface area contributed by atoms with E-state index in [-0.39, 0.29) is 0 Å². The molecular weight excluding hydrogens is 342 g/mol. The Morgan fingerprint density at radius 3 is 2.62 bits per heavy atom. The van der Waals surface area contributed by atoms with E-state index in [0.29, 0.717) is 10.0 Å². The minimum atomic E-state index is -0.574. The lowest BCUT2D eigenvalue weighted by atomic mass is 10.0. The van der Waals surface area contributed by atoms with Gasteiger partial charge in [0.05, 0.1) is 11.2 Å². The van der Waals surface area contributed by atoms with Crippen LogP contribution in [0.2, 0.25) is 0 Å². The molecule has 2 amide bonds. The maximum absolute atomic E-state index is 12.5. The molecule has 0 unspecified atom stereocenters. The number of carbonyl (C=O) groups excluding carboxylic acids is 1. The molecule has 1 aliphatic heterocycles. The Hall–Kier alpha value is -1.83. The molecule has 0 aromatic heterocycles. The van der Waals surface area contributed by atoms with E-state index in [2.05, 4.69) is 5.32 Å². The van der Waals surface area contributed by atoms with Gasteiger partial charge in [0.2, 0.25) is 0 Å². The number of fused-ring (bicyclic) bond motifs is 1. The van der Waals surface area contributed by atoms with Crippen molar-refractivity contribution < 1.29 is 10.0 Å². The molecule has 126 valence electrons. The zero-order valence-electron chi connectivity index (χ0n) is 13.7. The Balaban J connectivity index is 1.83. The first kappa shape index (κ1) is 17.0. The van der Waals surface area contributed by atoms with Gasteiger partial charge in [-0.2, -0.15) is 5.06 Å². The van der Waals surface area contributed by atoms with Gasteiger partial charge in [0.25, 0.3) is 0 Å². The van der Waals surface area contributed by atoms with Gasteiger partial charge in [0, 0.05) is 12.4 Å². The summed E-state index contributed by atoms with van der Waals surface area (Å²) in [6, 6.07) is 12.9. The van der Waals surface area contributed by atoms with Crippen LogP contribution in [0.4, 0.5) is 10.5 Å². The molecule has 1 heterocycles. The molecule has 0 saturated carbocycles. The Kier molecular flexibility index (Phi) is 4.42. The van der Waals surface area contributed by atoms with Crippen LogP contribution in [0.1, 0.15) is 13.8 Å². The van der Waals surface area contributed by atoms with Crippen LogP contribution in [0.25, 0.3) is 10.8 Å². The first-order valence-electron chi connectivity index (χ1n) is 7.53. The van der Waals surface area contributed by atoms with Crippen LogP contribution in [0, 0.1) is 0 Å². The third-order valence-electron chi connectivity index (χ3n) is 4.42. The molecule has 2 aromatic rings. The number of anilines is 1. The Labute approximate surface area is 150 Å². The molecule has 24 heavy (non-hydrogen) atoms. The van der Waals surface area contributed by atoms with E-state index in [1.807, 2.05) is 68.3 Å². The van der Waals surface area contributed by atoms with Crippen molar-refractivity contribution in [2.45, 2.75) is 24.8 Å². The summed E-state index contributed by atoms with van der Waals surface area (Å²) in [5.74, 6) is 0. The van der Waals surface area contributed by atoms with Gasteiger partial charge in [-0.3, -0.25) is 5.21 Å². The van der Waals surface area contributed by atoms with E-state index in [1.165, 1.54) is 11.8 Å². The van der Waals surface area contributed by atoms with Crippen LogP contribution in [-0.4, -0.2) is 43.5 Å². The molecule has 1 aliphatic rings. The monoisotopic (exact) mass is 361 g/mol. The number of amides is 2. The summed E-state index contributed by atoms with van der Waals surface area (Å²) in [7, 11) is 1.87. The Morgan fingerprint density at radius 2 is 1.96 bits per heavy atom. The Bertz CT molecular complexity index is 804. The van der Waals surface area contributed by atoms with Gasteiger partial charge in [0.15, 0.2) is 0 Å². The lowest BCUT2D eigenvalue weighted by molar-refractivity contribution is -0.0715. The molecule has 1 saturated heterocycles. The normalized spacial score (nSPS) is 19.6. The third-order valence-corrected chi connectivity index (χ3v) is 6.45. The average molecular weight is 361 g/mol. The fourth-order valence-corrected chi connectivity index (χ4v) is 4.42. The molecule has 0 radical (unpaired) electrons. The second-order valence-electron chi connectivity index (χ2n) is 6.25. The second kappa shape index (κ2) is 6.23. The van der Waals surface area contributed by atoms with Crippen molar-refractivity contribution in [2.24, 2.45) is 0 Å². The number of likely N-dealkylation sites (N-methyl/N-ethyl adjacent to an activating group) is 1. The van der Waals surface area contributed by atoms with E-state index in [1.54, 1.807) is 0 Å². The molecule has 7 heteroatoms. The SMILES string of the molecule is CN1C(=S)S[C@H](N(O)C(=O)Nc2cccc3ccccc23)C1(C)C. The summed E-state index contributed by atoms with van der Waals surface area (Å²) in [6.45, 7) is 3.89. The first-order chi connectivity index (χ1) is 11.3. The van der Waals surface area contributed by atoms with Gasteiger partial charge in [-0.05, 0) is 25.3 Å². The number of benzene rings is 2. The van der Waals surface area contributed by atoms with Crippen LogP contribution >= 0.6 is 24.0 Å². The maximum Gasteiger partial charge on any atom is 0.346 e. The van der Waals surface area contributed by atoms with Crippen molar-refractivity contribution in [3.8, 4) is 0 Å². The Morgan fingerprint density at radius 1 is 1.29 bits per heavy atom. The zero-order valence-corrected chi connectivity index (χ0v) is 15.3. The quantitative estimate of drug-likeness (QED) is 0.478. The van der Waals surface area contributed by atoms with E-state index in [9.17, 15) is 10.0 Å². The predicted molar refractivity (Wildman–Crippen MR) is 102 cm³/mol. The molecule has 0 spiro atoms. The number of rotatable bonds is 2. The molecule has 0 aliphatic carbocycles. The van der Waals surface area contributed by atoms with E-state index >= 15 is 0 Å². The van der Waals surface area contributed by atoms with Crippen molar-refractivity contribution in [1.82, 2.24) is 9.96 Å². The number of hydroxylamine groups is 2. The van der Waals surface area contributed by atoms with Crippen LogP contribution in [-0.2, 0) is 0 Å². The number of nitrogens with one attached hydrogen (secondary N) is 1. The summed E-state index contributed by atoms with van der Waals surface area (Å²) >= 11 is 6.59. The summed E-state index contributed by atoms with van der Waals surface area (Å²) in [6.07, 6.45) is 0. The smallest absolute Gasteiger partial charge is 0.346 e. The van der Waals surface area contributed by atoms with Crippen molar-refractivity contribution in [3.63, 3.8) is 0 Å². The minimum Gasteiger partial charge on any atom is -0.352 e. The number of hydrogen-bond acceptors (Lipinski definition) is 4. The average Bonchev–Trinajstić information content (AvgIpc) is 2.77. The third kappa shape index (κ3) is 2.83. The van der Waals surface area contributed by atoms with Crippen molar-refractivity contribution >= 4 is 50.8 Å². The summed E-state index contributed by atoms with van der Waals surface area (Å²) in [4.78, 5) is 14.4. The minimum absolute atomic E-state index is 0.466. The highest BCUT2D eigenvalue weighted by Gasteiger charge is 2.47. The highest BCUT2D eigenvalue weighted by atomic mass is 32.2. The van der Waals surface area contributed by atoms with E-state index in [4.69, 9.17) is 12.2 Å². The zero-order chi connectivity index (χ0) is 17.5. The van der Waals surface area contributed by atoms with Gasteiger partial charge in [-0.15, -0.1) is 0 Å². The van der Waals surface area contributed by atoms with Gasteiger partial charge < -0.3 is 10.2 Å². The van der Waals surface area contributed by atoms with Crippen molar-refractivity contribution in [3.05, 3.63) is 42.5 Å². The standard InChI is InChI=1S/C17H19N3O2S2/c1-17(2)14(24-16(23)19(17)3)20(22)15(21)18-13-10-6-8-11-7-4-5-9-12(11)13/h4-10,14,22H,1-3H3,(H,18,21)/t14-/m0/s1. The number of thioether (sulfide) groups is 1. The number of nitrogens with zero attached hydrogens (tertiary/aromatic N) is 2. The predicted octanol–water partition coefficient (Wildman–Crippen LogP) is 4.13. The van der Waals surface area contributed by atoms with E-state index in [0.717, 1.165) is 15.8 Å². The molecule has 1 fully saturated rings. The topological polar surface area (TPSA) is 55.8 Å². The number of carbonyl (C=O) groups is 1. The molecule has 0 bridgehead atoms. The highest BCUT2D eigenvalue weighted by molar-refractivity contribution is 8.23. The fraction of sp³-hybridized carbons (Fsp3) is 0.294. The summed E-state index contributed by atoms with van der Waals surface area (Å²) < 4.78 is 0.655. The maximum atomic E-state index is 12.5. The van der Waals surface area contributed by atoms with Gasteiger partial charge >= 0.3 is 6.03 Å². The van der Waals surface area contributed by atoms with Gasteiger partial charge in [0.1, 0.15) is 9.69 Å².